The number of hydrogen-bond donors (Lipinski definition) is 1. The van der Waals surface area contributed by atoms with Crippen molar-refractivity contribution in [3.8, 4) is 11.5 Å². The Labute approximate surface area is 136 Å². The Balaban J connectivity index is 1.90. The van der Waals surface area contributed by atoms with Gasteiger partial charge in [0.05, 0.1) is 7.11 Å². The highest BCUT2D eigenvalue weighted by Crippen LogP contribution is 2.25. The van der Waals surface area contributed by atoms with Gasteiger partial charge in [0.25, 0.3) is 5.91 Å². The van der Waals surface area contributed by atoms with Crippen molar-refractivity contribution < 1.29 is 19.1 Å². The lowest BCUT2D eigenvalue weighted by Crippen LogP contribution is -2.31. The molecule has 0 aliphatic carbocycles. The van der Waals surface area contributed by atoms with Crippen LogP contribution in [0.25, 0.3) is 0 Å². The molecule has 0 atom stereocenters. The number of carbonyl (C=O) groups is 2. The summed E-state index contributed by atoms with van der Waals surface area (Å²) in [6.45, 7) is -0.229. The summed E-state index contributed by atoms with van der Waals surface area (Å²) < 4.78 is 11.1. The molecular formula is C16H14BrNO4. The van der Waals surface area contributed by atoms with Crippen LogP contribution in [0, 0.1) is 0 Å². The number of methoxy groups -OCH3 is 1. The predicted molar refractivity (Wildman–Crippen MR) is 85.1 cm³/mol. The summed E-state index contributed by atoms with van der Waals surface area (Å²) >= 11 is 3.29. The zero-order valence-electron chi connectivity index (χ0n) is 11.8. The molecule has 0 saturated heterocycles. The summed E-state index contributed by atoms with van der Waals surface area (Å²) in [4.78, 5) is 23.6. The van der Waals surface area contributed by atoms with Gasteiger partial charge in [0.2, 0.25) is 0 Å². The summed E-state index contributed by atoms with van der Waals surface area (Å²) in [6.07, 6.45) is 0. The highest BCUT2D eigenvalue weighted by atomic mass is 79.9. The quantitative estimate of drug-likeness (QED) is 0.655. The fraction of sp³-hybridized carbons (Fsp3) is 0.125. The molecule has 2 aromatic rings. The van der Waals surface area contributed by atoms with Gasteiger partial charge in [-0.2, -0.15) is 0 Å². The molecule has 0 unspecified atom stereocenters. The standard InChI is InChI=1S/C16H14BrNO4/c1-21-13-4-2-3-5-14(13)22-15(19)10-18-16(20)11-6-8-12(17)9-7-11/h2-9H,10H2,1H3,(H,18,20). The Kier molecular flexibility index (Phi) is 5.55. The number of para-hydroxylation sites is 2. The monoisotopic (exact) mass is 363 g/mol. The van der Waals surface area contributed by atoms with Gasteiger partial charge in [-0.1, -0.05) is 28.1 Å². The van der Waals surface area contributed by atoms with Crippen LogP contribution in [-0.2, 0) is 4.79 Å². The van der Waals surface area contributed by atoms with Crippen molar-refractivity contribution in [2.45, 2.75) is 0 Å². The number of amides is 1. The lowest BCUT2D eigenvalue weighted by molar-refractivity contribution is -0.133. The smallest absolute Gasteiger partial charge is 0.330 e. The largest absolute Gasteiger partial charge is 0.493 e. The average Bonchev–Trinajstić information content (AvgIpc) is 2.54. The number of hydrogen-bond acceptors (Lipinski definition) is 4. The normalized spacial score (nSPS) is 9.91. The van der Waals surface area contributed by atoms with E-state index in [-0.39, 0.29) is 12.5 Å². The molecule has 22 heavy (non-hydrogen) atoms. The van der Waals surface area contributed by atoms with E-state index in [2.05, 4.69) is 21.2 Å². The van der Waals surface area contributed by atoms with E-state index < -0.39 is 5.97 Å². The zero-order chi connectivity index (χ0) is 15.9. The van der Waals surface area contributed by atoms with Gasteiger partial charge < -0.3 is 14.8 Å². The van der Waals surface area contributed by atoms with Crippen LogP contribution in [0.4, 0.5) is 0 Å². The lowest BCUT2D eigenvalue weighted by Gasteiger charge is -2.09. The van der Waals surface area contributed by atoms with Crippen LogP contribution >= 0.6 is 15.9 Å². The molecule has 6 heteroatoms. The van der Waals surface area contributed by atoms with E-state index in [4.69, 9.17) is 9.47 Å². The molecule has 114 valence electrons. The highest BCUT2D eigenvalue weighted by Gasteiger charge is 2.11. The van der Waals surface area contributed by atoms with Crippen molar-refractivity contribution in [3.05, 3.63) is 58.6 Å². The third-order valence-corrected chi connectivity index (χ3v) is 3.32. The minimum atomic E-state index is -0.574. The van der Waals surface area contributed by atoms with E-state index in [1.54, 1.807) is 48.5 Å². The van der Waals surface area contributed by atoms with Crippen LogP contribution in [0.2, 0.25) is 0 Å². The molecule has 1 N–H and O–H groups in total. The first kappa shape index (κ1) is 16.0. The number of esters is 1. The maximum absolute atomic E-state index is 11.9. The molecule has 0 fully saturated rings. The van der Waals surface area contributed by atoms with Gasteiger partial charge >= 0.3 is 5.97 Å². The van der Waals surface area contributed by atoms with E-state index >= 15 is 0 Å². The van der Waals surface area contributed by atoms with Crippen LogP contribution in [0.1, 0.15) is 10.4 Å². The molecule has 0 aliphatic rings. The first-order chi connectivity index (χ1) is 10.6. The summed E-state index contributed by atoms with van der Waals surface area (Å²) in [5.74, 6) is -0.151. The topological polar surface area (TPSA) is 64.6 Å². The molecular weight excluding hydrogens is 350 g/mol. The maximum atomic E-state index is 11.9. The van der Waals surface area contributed by atoms with Gasteiger partial charge in [-0.15, -0.1) is 0 Å². The number of nitrogens with one attached hydrogen (secondary N) is 1. The molecule has 0 aromatic heterocycles. The van der Waals surface area contributed by atoms with Gasteiger partial charge in [0.15, 0.2) is 11.5 Å². The van der Waals surface area contributed by atoms with Gasteiger partial charge in [0.1, 0.15) is 6.54 Å². The summed E-state index contributed by atoms with van der Waals surface area (Å²) in [5, 5.41) is 2.51. The van der Waals surface area contributed by atoms with E-state index in [1.807, 2.05) is 0 Å². The summed E-state index contributed by atoms with van der Waals surface area (Å²) in [5.41, 5.74) is 0.466. The van der Waals surface area contributed by atoms with Crippen molar-refractivity contribution >= 4 is 27.8 Å². The van der Waals surface area contributed by atoms with E-state index in [0.717, 1.165) is 4.47 Å². The number of rotatable bonds is 5. The Morgan fingerprint density at radius 1 is 1.05 bits per heavy atom. The molecule has 2 rings (SSSR count). The fourth-order valence-electron chi connectivity index (χ4n) is 1.72. The van der Waals surface area contributed by atoms with Crippen LogP contribution in [0.3, 0.4) is 0 Å². The van der Waals surface area contributed by atoms with Crippen LogP contribution < -0.4 is 14.8 Å². The maximum Gasteiger partial charge on any atom is 0.330 e. The van der Waals surface area contributed by atoms with E-state index in [9.17, 15) is 9.59 Å². The molecule has 0 aliphatic heterocycles. The molecule has 0 spiro atoms. The van der Waals surface area contributed by atoms with Crippen LogP contribution in [0.5, 0.6) is 11.5 Å². The Bertz CT molecular complexity index is 670. The highest BCUT2D eigenvalue weighted by molar-refractivity contribution is 9.10. The first-order valence-corrected chi connectivity index (χ1v) is 7.27. The first-order valence-electron chi connectivity index (χ1n) is 6.47. The third-order valence-electron chi connectivity index (χ3n) is 2.79. The number of benzene rings is 2. The Morgan fingerprint density at radius 2 is 1.68 bits per heavy atom. The van der Waals surface area contributed by atoms with Crippen molar-refractivity contribution in [1.29, 1.82) is 0 Å². The van der Waals surface area contributed by atoms with E-state index in [1.165, 1.54) is 7.11 Å². The fourth-order valence-corrected chi connectivity index (χ4v) is 1.98. The Morgan fingerprint density at radius 3 is 2.32 bits per heavy atom. The van der Waals surface area contributed by atoms with Crippen molar-refractivity contribution in [2.75, 3.05) is 13.7 Å². The average molecular weight is 364 g/mol. The number of halogens is 1. The lowest BCUT2D eigenvalue weighted by atomic mass is 10.2. The number of carbonyl (C=O) groups excluding carboxylic acids is 2. The van der Waals surface area contributed by atoms with Gasteiger partial charge in [-0.05, 0) is 36.4 Å². The second-order valence-electron chi connectivity index (χ2n) is 4.31. The second-order valence-corrected chi connectivity index (χ2v) is 5.23. The van der Waals surface area contributed by atoms with Gasteiger partial charge in [-0.25, -0.2) is 4.79 Å². The van der Waals surface area contributed by atoms with Gasteiger partial charge in [0, 0.05) is 10.0 Å². The predicted octanol–water partition coefficient (Wildman–Crippen LogP) is 2.79. The van der Waals surface area contributed by atoms with Crippen LogP contribution in [0.15, 0.2) is 53.0 Å². The summed E-state index contributed by atoms with van der Waals surface area (Å²) in [7, 11) is 1.49. The molecule has 1 amide bonds. The van der Waals surface area contributed by atoms with Crippen molar-refractivity contribution in [1.82, 2.24) is 5.32 Å². The molecule has 0 bridgehead atoms. The minimum Gasteiger partial charge on any atom is -0.493 e. The minimum absolute atomic E-state index is 0.229. The molecule has 5 nitrogen and oxygen atoms in total. The second kappa shape index (κ2) is 7.61. The Hall–Kier alpha value is -2.34. The third kappa shape index (κ3) is 4.33. The number of ether oxygens (including phenoxy) is 2. The SMILES string of the molecule is COc1ccccc1OC(=O)CNC(=O)c1ccc(Br)cc1. The molecule has 0 radical (unpaired) electrons. The van der Waals surface area contributed by atoms with E-state index in [0.29, 0.717) is 17.1 Å². The van der Waals surface area contributed by atoms with Crippen molar-refractivity contribution in [2.24, 2.45) is 0 Å². The van der Waals surface area contributed by atoms with Crippen molar-refractivity contribution in [3.63, 3.8) is 0 Å². The molecule has 2 aromatic carbocycles. The molecule has 0 saturated carbocycles. The molecule has 0 heterocycles. The van der Waals surface area contributed by atoms with Gasteiger partial charge in [-0.3, -0.25) is 4.79 Å². The zero-order valence-corrected chi connectivity index (χ0v) is 13.4. The summed E-state index contributed by atoms with van der Waals surface area (Å²) in [6, 6.07) is 13.6. The van der Waals surface area contributed by atoms with Crippen LogP contribution in [-0.4, -0.2) is 25.5 Å².